The second kappa shape index (κ2) is 6.60. The van der Waals surface area contributed by atoms with E-state index in [1.807, 2.05) is 13.8 Å². The number of pyridine rings is 1. The lowest BCUT2D eigenvalue weighted by Gasteiger charge is -2.22. The van der Waals surface area contributed by atoms with Crippen molar-refractivity contribution in [3.8, 4) is 0 Å². The highest BCUT2D eigenvalue weighted by Crippen LogP contribution is 2.42. The van der Waals surface area contributed by atoms with E-state index in [0.717, 1.165) is 20.6 Å². The Balaban J connectivity index is 1.83. The monoisotopic (exact) mass is 467 g/mol. The van der Waals surface area contributed by atoms with Crippen LogP contribution in [0.1, 0.15) is 38.3 Å². The lowest BCUT2D eigenvalue weighted by Crippen LogP contribution is -2.29. The van der Waals surface area contributed by atoms with E-state index in [1.54, 1.807) is 47.6 Å². The molecule has 8 heteroatoms. The van der Waals surface area contributed by atoms with Gasteiger partial charge in [-0.1, -0.05) is 15.9 Å². The number of aryl methyl sites for hydroxylation is 2. The van der Waals surface area contributed by atoms with Gasteiger partial charge in [0.05, 0.1) is 22.7 Å². The Morgan fingerprint density at radius 3 is 2.59 bits per heavy atom. The molecule has 4 aromatic rings. The molecule has 1 atom stereocenters. The number of hydrogen-bond acceptors (Lipinski definition) is 6. The minimum Gasteiger partial charge on any atom is -0.450 e. The van der Waals surface area contributed by atoms with E-state index in [0.29, 0.717) is 21.7 Å². The summed E-state index contributed by atoms with van der Waals surface area (Å²) in [6.07, 6.45) is 3.29. The fourth-order valence-corrected chi connectivity index (χ4v) is 4.86. The second-order valence-electron chi connectivity index (χ2n) is 6.81. The molecular formula is C21H14BrN3O3S. The van der Waals surface area contributed by atoms with Crippen molar-refractivity contribution >= 4 is 49.3 Å². The molecule has 29 heavy (non-hydrogen) atoms. The molecule has 6 nitrogen and oxygen atoms in total. The van der Waals surface area contributed by atoms with Crippen molar-refractivity contribution in [3.05, 3.63) is 84.9 Å². The smallest absolute Gasteiger partial charge is 0.297 e. The Bertz CT molecular complexity index is 1330. The number of benzene rings is 1. The van der Waals surface area contributed by atoms with Gasteiger partial charge in [0, 0.05) is 21.7 Å². The summed E-state index contributed by atoms with van der Waals surface area (Å²) < 4.78 is 6.71. The van der Waals surface area contributed by atoms with Gasteiger partial charge >= 0.3 is 0 Å². The van der Waals surface area contributed by atoms with Crippen LogP contribution in [0, 0.1) is 13.8 Å². The van der Waals surface area contributed by atoms with Crippen LogP contribution in [0.3, 0.4) is 0 Å². The highest BCUT2D eigenvalue weighted by molar-refractivity contribution is 9.10. The largest absolute Gasteiger partial charge is 0.450 e. The van der Waals surface area contributed by atoms with Crippen molar-refractivity contribution in [3.63, 3.8) is 0 Å². The zero-order valence-electron chi connectivity index (χ0n) is 15.5. The lowest BCUT2D eigenvalue weighted by molar-refractivity contribution is 0.0971. The third-order valence-electron chi connectivity index (χ3n) is 5.08. The van der Waals surface area contributed by atoms with Gasteiger partial charge < -0.3 is 4.42 Å². The Labute approximate surface area is 178 Å². The van der Waals surface area contributed by atoms with Crippen LogP contribution in [0.4, 0.5) is 5.13 Å². The maximum Gasteiger partial charge on any atom is 0.297 e. The number of rotatable bonds is 2. The number of amides is 1. The predicted molar refractivity (Wildman–Crippen MR) is 115 cm³/mol. The molecule has 0 fully saturated rings. The van der Waals surface area contributed by atoms with E-state index < -0.39 is 6.04 Å². The molecule has 0 saturated carbocycles. The molecule has 1 amide bonds. The lowest BCUT2D eigenvalue weighted by atomic mass is 10.00. The number of carbonyl (C=O) groups excluding carboxylic acids is 1. The molecule has 0 bridgehead atoms. The summed E-state index contributed by atoms with van der Waals surface area (Å²) in [5.74, 6) is -0.297. The summed E-state index contributed by atoms with van der Waals surface area (Å²) in [4.78, 5) is 38.1. The molecule has 5 rings (SSSR count). The zero-order chi connectivity index (χ0) is 20.3. The van der Waals surface area contributed by atoms with Crippen molar-refractivity contribution in [2.45, 2.75) is 19.9 Å². The maximum absolute atomic E-state index is 13.5. The normalized spacial score (nSPS) is 15.9. The van der Waals surface area contributed by atoms with Gasteiger partial charge in [-0.3, -0.25) is 19.5 Å². The SMILES string of the molecule is Cc1nc(N2C(=O)c3oc4ccc(Br)cc4c(=O)c3C2c2ccncc2)sc1C. The summed E-state index contributed by atoms with van der Waals surface area (Å²) in [6, 6.07) is 8.18. The summed E-state index contributed by atoms with van der Waals surface area (Å²) in [5, 5.41) is 0.973. The van der Waals surface area contributed by atoms with Crippen LogP contribution in [-0.2, 0) is 0 Å². The molecule has 1 aliphatic heterocycles. The van der Waals surface area contributed by atoms with E-state index in [9.17, 15) is 9.59 Å². The number of anilines is 1. The van der Waals surface area contributed by atoms with Crippen LogP contribution in [0.2, 0.25) is 0 Å². The van der Waals surface area contributed by atoms with Crippen LogP contribution >= 0.6 is 27.3 Å². The van der Waals surface area contributed by atoms with Crippen molar-refractivity contribution < 1.29 is 9.21 Å². The first-order valence-corrected chi connectivity index (χ1v) is 10.5. The Hall–Kier alpha value is -2.84. The first-order valence-electron chi connectivity index (χ1n) is 8.89. The van der Waals surface area contributed by atoms with Gasteiger partial charge in [0.25, 0.3) is 5.91 Å². The summed E-state index contributed by atoms with van der Waals surface area (Å²) in [6.45, 7) is 3.86. The molecule has 0 N–H and O–H groups in total. The van der Waals surface area contributed by atoms with Crippen molar-refractivity contribution in [2.24, 2.45) is 0 Å². The van der Waals surface area contributed by atoms with E-state index in [4.69, 9.17) is 4.42 Å². The molecule has 1 aromatic carbocycles. The Morgan fingerprint density at radius 1 is 1.14 bits per heavy atom. The molecule has 0 saturated heterocycles. The van der Waals surface area contributed by atoms with E-state index >= 15 is 0 Å². The molecule has 3 aromatic heterocycles. The third kappa shape index (κ3) is 2.74. The van der Waals surface area contributed by atoms with E-state index in [1.165, 1.54) is 11.3 Å². The molecule has 0 spiro atoms. The number of hydrogen-bond donors (Lipinski definition) is 0. The van der Waals surface area contributed by atoms with Gasteiger partial charge in [0.15, 0.2) is 10.6 Å². The summed E-state index contributed by atoms with van der Waals surface area (Å²) in [5.41, 5.74) is 2.13. The highest BCUT2D eigenvalue weighted by Gasteiger charge is 2.45. The van der Waals surface area contributed by atoms with Gasteiger partial charge in [-0.15, -0.1) is 11.3 Å². The number of aromatic nitrogens is 2. The van der Waals surface area contributed by atoms with Crippen molar-refractivity contribution in [1.82, 2.24) is 9.97 Å². The zero-order valence-corrected chi connectivity index (χ0v) is 17.9. The molecule has 0 radical (unpaired) electrons. The number of halogens is 1. The molecule has 1 unspecified atom stereocenters. The highest BCUT2D eigenvalue weighted by atomic mass is 79.9. The molecule has 1 aliphatic rings. The molecular weight excluding hydrogens is 454 g/mol. The fraction of sp³-hybridized carbons (Fsp3) is 0.143. The number of thiazole rings is 1. The topological polar surface area (TPSA) is 76.3 Å². The number of nitrogens with zero attached hydrogens (tertiary/aromatic N) is 3. The first-order chi connectivity index (χ1) is 14.0. The van der Waals surface area contributed by atoms with Crippen molar-refractivity contribution in [2.75, 3.05) is 4.90 Å². The minimum absolute atomic E-state index is 0.0668. The number of carbonyl (C=O) groups is 1. The molecule has 4 heterocycles. The van der Waals surface area contributed by atoms with Crippen LogP contribution in [-0.4, -0.2) is 15.9 Å². The maximum atomic E-state index is 13.5. The summed E-state index contributed by atoms with van der Waals surface area (Å²) in [7, 11) is 0. The van der Waals surface area contributed by atoms with Gasteiger partial charge in [-0.2, -0.15) is 0 Å². The van der Waals surface area contributed by atoms with Crippen LogP contribution < -0.4 is 10.3 Å². The second-order valence-corrected chi connectivity index (χ2v) is 8.91. The Kier molecular flexibility index (Phi) is 4.15. The average molecular weight is 468 g/mol. The predicted octanol–water partition coefficient (Wildman–Crippen LogP) is 4.77. The van der Waals surface area contributed by atoms with Crippen LogP contribution in [0.5, 0.6) is 0 Å². The molecule has 144 valence electrons. The van der Waals surface area contributed by atoms with Crippen LogP contribution in [0.25, 0.3) is 11.0 Å². The Morgan fingerprint density at radius 2 is 1.90 bits per heavy atom. The van der Waals surface area contributed by atoms with E-state index in [-0.39, 0.29) is 17.1 Å². The standard InChI is InChI=1S/C21H14BrN3O3S/c1-10-11(2)29-21(24-10)25-17(12-5-7-23-8-6-12)16-18(26)14-9-13(22)3-4-15(14)28-19(16)20(25)27/h3-9,17H,1-2H3. The molecule has 0 aliphatic carbocycles. The fourth-order valence-electron chi connectivity index (χ4n) is 3.56. The van der Waals surface area contributed by atoms with Gasteiger partial charge in [-0.25, -0.2) is 4.98 Å². The van der Waals surface area contributed by atoms with Gasteiger partial charge in [0.1, 0.15) is 5.58 Å². The summed E-state index contributed by atoms with van der Waals surface area (Å²) >= 11 is 4.83. The van der Waals surface area contributed by atoms with Crippen molar-refractivity contribution in [1.29, 1.82) is 0 Å². The first kappa shape index (κ1) is 18.2. The third-order valence-corrected chi connectivity index (χ3v) is 6.64. The van der Waals surface area contributed by atoms with Gasteiger partial charge in [-0.05, 0) is 49.7 Å². The van der Waals surface area contributed by atoms with E-state index in [2.05, 4.69) is 25.9 Å². The average Bonchev–Trinajstić information content (AvgIpc) is 3.20. The number of fused-ring (bicyclic) bond motifs is 2. The van der Waals surface area contributed by atoms with Gasteiger partial charge in [0.2, 0.25) is 5.76 Å². The minimum atomic E-state index is -0.620. The quantitative estimate of drug-likeness (QED) is 0.424. The van der Waals surface area contributed by atoms with Crippen LogP contribution in [0.15, 0.2) is 56.4 Å².